The highest BCUT2D eigenvalue weighted by Gasteiger charge is 2.08. The second kappa shape index (κ2) is 9.85. The highest BCUT2D eigenvalue weighted by atomic mass is 35.5. The molecule has 144 valence electrons. The maximum atomic E-state index is 12.3. The molecule has 3 aromatic rings. The van der Waals surface area contributed by atoms with Crippen molar-refractivity contribution in [1.82, 2.24) is 15.3 Å². The molecule has 1 N–H and O–H groups in total. The number of anilines is 1. The van der Waals surface area contributed by atoms with Crippen LogP contribution in [0.1, 0.15) is 21.5 Å². The molecule has 5 nitrogen and oxygen atoms in total. The summed E-state index contributed by atoms with van der Waals surface area (Å²) >= 11 is 5.88. The van der Waals surface area contributed by atoms with Crippen molar-refractivity contribution >= 4 is 23.3 Å². The van der Waals surface area contributed by atoms with Crippen molar-refractivity contribution in [2.24, 2.45) is 0 Å². The number of pyridine rings is 2. The van der Waals surface area contributed by atoms with Crippen molar-refractivity contribution in [2.75, 3.05) is 25.0 Å². The van der Waals surface area contributed by atoms with E-state index in [1.807, 2.05) is 55.6 Å². The molecule has 0 aliphatic carbocycles. The Morgan fingerprint density at radius 3 is 2.39 bits per heavy atom. The second-order valence-corrected chi connectivity index (χ2v) is 7.00. The van der Waals surface area contributed by atoms with Crippen molar-refractivity contribution in [3.05, 3.63) is 88.8 Å². The van der Waals surface area contributed by atoms with Crippen molar-refractivity contribution < 1.29 is 4.79 Å². The van der Waals surface area contributed by atoms with E-state index >= 15 is 0 Å². The highest BCUT2D eigenvalue weighted by molar-refractivity contribution is 6.30. The Labute approximate surface area is 170 Å². The van der Waals surface area contributed by atoms with E-state index in [9.17, 15) is 4.79 Å². The van der Waals surface area contributed by atoms with Crippen molar-refractivity contribution in [3.63, 3.8) is 0 Å². The van der Waals surface area contributed by atoms with Crippen molar-refractivity contribution in [2.45, 2.75) is 12.8 Å². The van der Waals surface area contributed by atoms with Gasteiger partial charge in [0.25, 0.3) is 5.91 Å². The molecule has 0 fully saturated rings. The molecule has 0 spiro atoms. The van der Waals surface area contributed by atoms with Crippen LogP contribution in [-0.4, -0.2) is 36.0 Å². The number of carbonyl (C=O) groups excluding carboxylic acids is 1. The van der Waals surface area contributed by atoms with Crippen LogP contribution in [0.4, 0.5) is 5.82 Å². The third kappa shape index (κ3) is 5.79. The van der Waals surface area contributed by atoms with Gasteiger partial charge in [-0.15, -0.1) is 0 Å². The average molecular weight is 395 g/mol. The Hall–Kier alpha value is -2.92. The van der Waals surface area contributed by atoms with E-state index in [1.54, 1.807) is 18.6 Å². The minimum Gasteiger partial charge on any atom is -0.359 e. The van der Waals surface area contributed by atoms with Crippen LogP contribution in [-0.2, 0) is 12.8 Å². The Morgan fingerprint density at radius 2 is 1.71 bits per heavy atom. The van der Waals surface area contributed by atoms with E-state index in [-0.39, 0.29) is 5.91 Å². The molecule has 0 saturated carbocycles. The van der Waals surface area contributed by atoms with Crippen LogP contribution in [0.25, 0.3) is 0 Å². The molecule has 2 heterocycles. The number of nitrogens with zero attached hydrogens (tertiary/aromatic N) is 3. The zero-order valence-corrected chi connectivity index (χ0v) is 16.6. The normalized spacial score (nSPS) is 10.5. The molecule has 0 bridgehead atoms. The third-order valence-electron chi connectivity index (χ3n) is 4.50. The zero-order chi connectivity index (χ0) is 19.8. The summed E-state index contributed by atoms with van der Waals surface area (Å²) in [6.07, 6.45) is 6.89. The van der Waals surface area contributed by atoms with E-state index in [0.29, 0.717) is 17.1 Å². The first-order valence-electron chi connectivity index (χ1n) is 9.20. The van der Waals surface area contributed by atoms with E-state index in [4.69, 9.17) is 11.6 Å². The maximum Gasteiger partial charge on any atom is 0.252 e. The number of benzene rings is 1. The zero-order valence-electron chi connectivity index (χ0n) is 15.8. The van der Waals surface area contributed by atoms with Gasteiger partial charge in [-0.25, -0.2) is 4.98 Å². The number of rotatable bonds is 8. The van der Waals surface area contributed by atoms with Crippen molar-refractivity contribution in [1.29, 1.82) is 0 Å². The Bertz CT molecular complexity index is 883. The molecular formula is C22H23ClN4O. The standard InChI is InChI=1S/C22H23ClN4O/c1-27(15-11-18-8-12-24-13-9-18)21-7-4-19(16-26-21)22(28)25-14-10-17-2-5-20(23)6-3-17/h2-9,12-13,16H,10-11,14-15H2,1H3,(H,25,28). The van der Waals surface area contributed by atoms with E-state index < -0.39 is 0 Å². The number of hydrogen-bond acceptors (Lipinski definition) is 4. The van der Waals surface area contributed by atoms with Crippen LogP contribution in [0.3, 0.4) is 0 Å². The van der Waals surface area contributed by atoms with E-state index in [0.717, 1.165) is 30.8 Å². The third-order valence-corrected chi connectivity index (χ3v) is 4.75. The molecule has 0 atom stereocenters. The van der Waals surface area contributed by atoms with Crippen LogP contribution in [0, 0.1) is 0 Å². The van der Waals surface area contributed by atoms with E-state index in [2.05, 4.69) is 20.2 Å². The molecule has 3 rings (SSSR count). The summed E-state index contributed by atoms with van der Waals surface area (Å²) in [4.78, 5) is 22.8. The van der Waals surface area contributed by atoms with Crippen LogP contribution >= 0.6 is 11.6 Å². The average Bonchev–Trinajstić information content (AvgIpc) is 2.74. The van der Waals surface area contributed by atoms with Gasteiger partial charge in [0.15, 0.2) is 0 Å². The molecule has 0 radical (unpaired) electrons. The lowest BCUT2D eigenvalue weighted by Crippen LogP contribution is -2.26. The number of halogens is 1. The van der Waals surface area contributed by atoms with Gasteiger partial charge >= 0.3 is 0 Å². The van der Waals surface area contributed by atoms with Gasteiger partial charge in [-0.3, -0.25) is 9.78 Å². The molecule has 1 amide bonds. The van der Waals surface area contributed by atoms with E-state index in [1.165, 1.54) is 5.56 Å². The fraction of sp³-hybridized carbons (Fsp3) is 0.227. The lowest BCUT2D eigenvalue weighted by atomic mass is 10.1. The highest BCUT2D eigenvalue weighted by Crippen LogP contribution is 2.12. The van der Waals surface area contributed by atoms with Crippen LogP contribution < -0.4 is 10.2 Å². The predicted molar refractivity (Wildman–Crippen MR) is 113 cm³/mol. The van der Waals surface area contributed by atoms with Gasteiger partial charge < -0.3 is 10.2 Å². The molecule has 0 aliphatic rings. The second-order valence-electron chi connectivity index (χ2n) is 6.56. The van der Waals surface area contributed by atoms with Crippen LogP contribution in [0.15, 0.2) is 67.1 Å². The topological polar surface area (TPSA) is 58.1 Å². The Balaban J connectivity index is 1.47. The Kier molecular flexibility index (Phi) is 6.98. The number of hydrogen-bond donors (Lipinski definition) is 1. The summed E-state index contributed by atoms with van der Waals surface area (Å²) in [5.74, 6) is 0.722. The summed E-state index contributed by atoms with van der Waals surface area (Å²) in [5, 5.41) is 3.64. The fourth-order valence-electron chi connectivity index (χ4n) is 2.78. The van der Waals surface area contributed by atoms with Gasteiger partial charge in [0.05, 0.1) is 5.56 Å². The van der Waals surface area contributed by atoms with Gasteiger partial charge in [-0.2, -0.15) is 0 Å². The minimum absolute atomic E-state index is 0.118. The number of carbonyl (C=O) groups is 1. The minimum atomic E-state index is -0.118. The molecule has 2 aromatic heterocycles. The summed E-state index contributed by atoms with van der Waals surface area (Å²) in [6.45, 7) is 1.40. The lowest BCUT2D eigenvalue weighted by Gasteiger charge is -2.18. The molecule has 0 aliphatic heterocycles. The number of nitrogens with one attached hydrogen (secondary N) is 1. The molecule has 6 heteroatoms. The fourth-order valence-corrected chi connectivity index (χ4v) is 2.91. The summed E-state index contributed by atoms with van der Waals surface area (Å²) in [5.41, 5.74) is 2.93. The maximum absolute atomic E-state index is 12.3. The summed E-state index contributed by atoms with van der Waals surface area (Å²) < 4.78 is 0. The number of amides is 1. The monoisotopic (exact) mass is 394 g/mol. The summed E-state index contributed by atoms with van der Waals surface area (Å²) in [7, 11) is 2.00. The Morgan fingerprint density at radius 1 is 1.00 bits per heavy atom. The smallest absolute Gasteiger partial charge is 0.252 e. The predicted octanol–water partition coefficient (Wildman–Crippen LogP) is 3.78. The van der Waals surface area contributed by atoms with Gasteiger partial charge in [-0.1, -0.05) is 23.7 Å². The number of aromatic nitrogens is 2. The molecular weight excluding hydrogens is 372 g/mol. The quantitative estimate of drug-likeness (QED) is 0.631. The largest absolute Gasteiger partial charge is 0.359 e. The van der Waals surface area contributed by atoms with Gasteiger partial charge in [0.2, 0.25) is 0 Å². The first-order valence-corrected chi connectivity index (χ1v) is 9.58. The molecule has 0 saturated heterocycles. The molecule has 1 aromatic carbocycles. The first kappa shape index (κ1) is 19.8. The molecule has 0 unspecified atom stereocenters. The van der Waals surface area contributed by atoms with Crippen molar-refractivity contribution in [3.8, 4) is 0 Å². The van der Waals surface area contributed by atoms with Gasteiger partial charge in [0, 0.05) is 43.8 Å². The lowest BCUT2D eigenvalue weighted by molar-refractivity contribution is 0.0954. The summed E-state index contributed by atoms with van der Waals surface area (Å²) in [6, 6.07) is 15.3. The van der Waals surface area contributed by atoms with Gasteiger partial charge in [-0.05, 0) is 60.4 Å². The van der Waals surface area contributed by atoms with Crippen LogP contribution in [0.5, 0.6) is 0 Å². The molecule has 28 heavy (non-hydrogen) atoms. The number of likely N-dealkylation sites (N-methyl/N-ethyl adjacent to an activating group) is 1. The van der Waals surface area contributed by atoms with Gasteiger partial charge in [0.1, 0.15) is 5.82 Å². The first-order chi connectivity index (χ1) is 13.6. The SMILES string of the molecule is CN(CCc1ccncc1)c1ccc(C(=O)NCCc2ccc(Cl)cc2)cn1. The van der Waals surface area contributed by atoms with Crippen LogP contribution in [0.2, 0.25) is 5.02 Å².